The van der Waals surface area contributed by atoms with Crippen LogP contribution in [0.5, 0.6) is 0 Å². The van der Waals surface area contributed by atoms with E-state index in [9.17, 15) is 4.57 Å². The lowest BCUT2D eigenvalue weighted by Gasteiger charge is -2.00. The molecular formula is C6H8Cl2O3P. The summed E-state index contributed by atoms with van der Waals surface area (Å²) in [5.74, 6) is 0. The van der Waals surface area contributed by atoms with Crippen molar-refractivity contribution in [1.82, 2.24) is 0 Å². The first kappa shape index (κ1) is 14.5. The molecule has 12 heavy (non-hydrogen) atoms. The summed E-state index contributed by atoms with van der Waals surface area (Å²) in [6, 6.07) is 8.29. The molecule has 1 radical (unpaired) electrons. The van der Waals surface area contributed by atoms with E-state index >= 15 is 0 Å². The predicted octanol–water partition coefficient (Wildman–Crippen LogP) is 1.13. The Balaban J connectivity index is 0. The molecular weight excluding hydrogens is 222 g/mol. The maximum atomic E-state index is 10.5. The van der Waals surface area contributed by atoms with Gasteiger partial charge in [-0.2, -0.15) is 0 Å². The molecule has 1 rings (SSSR count). The van der Waals surface area contributed by atoms with Crippen LogP contribution in [-0.4, -0.2) is 9.79 Å². The number of rotatable bonds is 1. The molecule has 1 aromatic carbocycles. The molecule has 3 nitrogen and oxygen atoms in total. The van der Waals surface area contributed by atoms with Crippen LogP contribution in [-0.2, 0) is 4.57 Å². The molecule has 0 heterocycles. The van der Waals surface area contributed by atoms with Gasteiger partial charge in [-0.05, 0) is 18.2 Å². The molecule has 0 aromatic heterocycles. The highest BCUT2D eigenvalue weighted by molar-refractivity contribution is 7.60. The average molecular weight is 230 g/mol. The highest BCUT2D eigenvalue weighted by Crippen LogP contribution is 2.32. The van der Waals surface area contributed by atoms with Gasteiger partial charge in [-0.3, -0.25) is 4.57 Å². The van der Waals surface area contributed by atoms with E-state index in [1.807, 2.05) is 0 Å². The molecule has 0 saturated heterocycles. The quantitative estimate of drug-likeness (QED) is 0.711. The van der Waals surface area contributed by atoms with Crippen LogP contribution in [0.2, 0.25) is 0 Å². The number of benzene rings is 1. The Labute approximate surface area is 82.8 Å². The summed E-state index contributed by atoms with van der Waals surface area (Å²) < 4.78 is 10.5. The summed E-state index contributed by atoms with van der Waals surface area (Å²) in [6.45, 7) is 0. The van der Waals surface area contributed by atoms with Crippen molar-refractivity contribution in [3.8, 4) is 0 Å². The Bertz CT molecular complexity index is 259. The molecule has 0 unspecified atom stereocenters. The molecule has 0 fully saturated rings. The van der Waals surface area contributed by atoms with Crippen molar-refractivity contribution in [3.63, 3.8) is 0 Å². The maximum absolute atomic E-state index is 10.5. The fraction of sp³-hybridized carbons (Fsp3) is 0. The zero-order valence-corrected chi connectivity index (χ0v) is 8.40. The Kier molecular flexibility index (Phi) is 6.72. The smallest absolute Gasteiger partial charge is 0.321 e. The zero-order valence-electron chi connectivity index (χ0n) is 5.88. The third-order valence-corrected chi connectivity index (χ3v) is 2.01. The van der Waals surface area contributed by atoms with E-state index in [-0.39, 0.29) is 30.1 Å². The predicted molar refractivity (Wildman–Crippen MR) is 51.5 cm³/mol. The van der Waals surface area contributed by atoms with Crippen molar-refractivity contribution in [3.05, 3.63) is 30.3 Å². The molecule has 0 amide bonds. The van der Waals surface area contributed by atoms with Gasteiger partial charge in [0.05, 0.1) is 5.30 Å². The molecule has 6 heteroatoms. The van der Waals surface area contributed by atoms with E-state index in [4.69, 9.17) is 9.79 Å². The van der Waals surface area contributed by atoms with Crippen LogP contribution in [0.15, 0.2) is 24.3 Å². The number of hydrogen-bond donors (Lipinski definition) is 2. The third kappa shape index (κ3) is 4.10. The van der Waals surface area contributed by atoms with Crippen molar-refractivity contribution in [2.24, 2.45) is 0 Å². The van der Waals surface area contributed by atoms with Gasteiger partial charge in [-0.15, -0.1) is 24.8 Å². The molecule has 2 N–H and O–H groups in total. The molecule has 1 aromatic rings. The molecule has 69 valence electrons. The first-order chi connectivity index (χ1) is 4.61. The van der Waals surface area contributed by atoms with Crippen molar-refractivity contribution in [1.29, 1.82) is 0 Å². The third-order valence-electron chi connectivity index (χ3n) is 1.04. The lowest BCUT2D eigenvalue weighted by atomic mass is 10.4. The van der Waals surface area contributed by atoms with Gasteiger partial charge < -0.3 is 9.79 Å². The van der Waals surface area contributed by atoms with E-state index in [1.54, 1.807) is 0 Å². The summed E-state index contributed by atoms with van der Waals surface area (Å²) in [5.41, 5.74) is 0. The van der Waals surface area contributed by atoms with Crippen molar-refractivity contribution in [2.75, 3.05) is 0 Å². The van der Waals surface area contributed by atoms with Crippen LogP contribution in [0, 0.1) is 6.07 Å². The van der Waals surface area contributed by atoms with Crippen LogP contribution in [0.25, 0.3) is 0 Å². The lowest BCUT2D eigenvalue weighted by Crippen LogP contribution is -2.01. The van der Waals surface area contributed by atoms with Crippen LogP contribution < -0.4 is 5.30 Å². The highest BCUT2D eigenvalue weighted by Gasteiger charge is 2.14. The second-order valence-corrected chi connectivity index (χ2v) is 3.41. The molecule has 0 aliphatic rings. The summed E-state index contributed by atoms with van der Waals surface area (Å²) in [4.78, 5) is 17.2. The fourth-order valence-corrected chi connectivity index (χ4v) is 1.11. The van der Waals surface area contributed by atoms with Gasteiger partial charge in [0.15, 0.2) is 0 Å². The van der Waals surface area contributed by atoms with Crippen molar-refractivity contribution < 1.29 is 14.4 Å². The van der Waals surface area contributed by atoms with Crippen LogP contribution in [0.3, 0.4) is 0 Å². The SMILES string of the molecule is Cl.Cl.O=P(O)(O)c1cc[c]cc1. The molecule has 0 spiro atoms. The van der Waals surface area contributed by atoms with Crippen LogP contribution in [0.1, 0.15) is 0 Å². The van der Waals surface area contributed by atoms with Crippen molar-refractivity contribution >= 4 is 37.7 Å². The van der Waals surface area contributed by atoms with Gasteiger partial charge in [0.2, 0.25) is 0 Å². The Morgan fingerprint density at radius 1 is 1.17 bits per heavy atom. The Morgan fingerprint density at radius 3 is 1.83 bits per heavy atom. The zero-order chi connectivity index (χ0) is 7.61. The molecule has 0 bridgehead atoms. The van der Waals surface area contributed by atoms with Gasteiger partial charge in [0.1, 0.15) is 0 Å². The first-order valence-corrected chi connectivity index (χ1v) is 4.24. The summed E-state index contributed by atoms with van der Waals surface area (Å²) in [7, 11) is -4.04. The molecule has 0 atom stereocenters. The van der Waals surface area contributed by atoms with E-state index in [0.29, 0.717) is 0 Å². The summed E-state index contributed by atoms with van der Waals surface area (Å²) >= 11 is 0. The number of halogens is 2. The normalized spacial score (nSPS) is 9.50. The van der Waals surface area contributed by atoms with E-state index in [2.05, 4.69) is 6.07 Å². The van der Waals surface area contributed by atoms with Crippen LogP contribution >= 0.6 is 32.4 Å². The Hall–Kier alpha value is -0.0500. The molecule has 0 aliphatic carbocycles. The topological polar surface area (TPSA) is 57.5 Å². The van der Waals surface area contributed by atoms with Crippen molar-refractivity contribution in [2.45, 2.75) is 0 Å². The molecule has 0 saturated carbocycles. The lowest BCUT2D eigenvalue weighted by molar-refractivity contribution is 0.387. The minimum atomic E-state index is -4.04. The largest absolute Gasteiger partial charge is 0.356 e. The van der Waals surface area contributed by atoms with Gasteiger partial charge in [0.25, 0.3) is 0 Å². The van der Waals surface area contributed by atoms with Crippen LogP contribution in [0.4, 0.5) is 0 Å². The first-order valence-electron chi connectivity index (χ1n) is 2.63. The maximum Gasteiger partial charge on any atom is 0.356 e. The second kappa shape index (κ2) is 5.57. The van der Waals surface area contributed by atoms with Gasteiger partial charge in [-0.1, -0.05) is 12.1 Å². The van der Waals surface area contributed by atoms with Gasteiger partial charge >= 0.3 is 7.60 Å². The monoisotopic (exact) mass is 229 g/mol. The average Bonchev–Trinajstić information content (AvgIpc) is 1.88. The number of hydrogen-bond acceptors (Lipinski definition) is 1. The molecule has 0 aliphatic heterocycles. The standard InChI is InChI=1S/C6H6O3P.2ClH/c7-10(8,9)6-4-2-1-3-5-6;;/h2-5H,(H2,7,8,9);2*1H. The van der Waals surface area contributed by atoms with E-state index < -0.39 is 7.60 Å². The highest BCUT2D eigenvalue weighted by atomic mass is 35.5. The Morgan fingerprint density at radius 2 is 1.58 bits per heavy atom. The summed E-state index contributed by atoms with van der Waals surface area (Å²) in [6.07, 6.45) is 0. The van der Waals surface area contributed by atoms with E-state index in [0.717, 1.165) is 0 Å². The van der Waals surface area contributed by atoms with Gasteiger partial charge in [0, 0.05) is 0 Å². The minimum Gasteiger partial charge on any atom is -0.321 e. The summed E-state index contributed by atoms with van der Waals surface area (Å²) in [5, 5.41) is 0.0336. The van der Waals surface area contributed by atoms with Gasteiger partial charge in [-0.25, -0.2) is 0 Å². The minimum absolute atomic E-state index is 0. The fourth-order valence-electron chi connectivity index (χ4n) is 0.572. The van der Waals surface area contributed by atoms with E-state index in [1.165, 1.54) is 24.3 Å². The second-order valence-electron chi connectivity index (χ2n) is 1.80.